The highest BCUT2D eigenvalue weighted by molar-refractivity contribution is 5.97. The van der Waals surface area contributed by atoms with Crippen molar-refractivity contribution < 1.29 is 19.4 Å². The number of aliphatic carboxylic acids is 1. The van der Waals surface area contributed by atoms with Crippen molar-refractivity contribution in [2.45, 2.75) is 46.6 Å². The van der Waals surface area contributed by atoms with Crippen LogP contribution in [0, 0.1) is 13.8 Å². The third kappa shape index (κ3) is 3.56. The van der Waals surface area contributed by atoms with Crippen molar-refractivity contribution in [1.29, 1.82) is 0 Å². The molecule has 4 heteroatoms. The number of hydrogen-bond acceptors (Lipinski definition) is 3. The second kappa shape index (κ2) is 6.36. The number of ether oxygens (including phenoxy) is 1. The molecule has 1 atom stereocenters. The first-order chi connectivity index (χ1) is 8.88. The Kier molecular flexibility index (Phi) is 5.10. The second-order valence-corrected chi connectivity index (χ2v) is 4.63. The monoisotopic (exact) mass is 264 g/mol. The summed E-state index contributed by atoms with van der Waals surface area (Å²) in [5.74, 6) is -0.385. The van der Waals surface area contributed by atoms with Crippen LogP contribution in [0.2, 0.25) is 0 Å². The van der Waals surface area contributed by atoms with E-state index in [1.807, 2.05) is 20.8 Å². The van der Waals surface area contributed by atoms with Gasteiger partial charge in [-0.2, -0.15) is 0 Å². The highest BCUT2D eigenvalue weighted by Gasteiger charge is 2.17. The molecule has 0 bridgehead atoms. The van der Waals surface area contributed by atoms with E-state index in [1.165, 1.54) is 6.92 Å². The van der Waals surface area contributed by atoms with Crippen LogP contribution in [0.5, 0.6) is 5.75 Å². The van der Waals surface area contributed by atoms with Gasteiger partial charge in [0.15, 0.2) is 11.9 Å². The topological polar surface area (TPSA) is 63.6 Å². The van der Waals surface area contributed by atoms with E-state index in [-0.39, 0.29) is 5.78 Å². The second-order valence-electron chi connectivity index (χ2n) is 4.63. The average Bonchev–Trinajstić information content (AvgIpc) is 2.35. The van der Waals surface area contributed by atoms with Gasteiger partial charge in [0.2, 0.25) is 0 Å². The molecular weight excluding hydrogens is 244 g/mol. The van der Waals surface area contributed by atoms with Crippen molar-refractivity contribution in [3.05, 3.63) is 28.8 Å². The minimum Gasteiger partial charge on any atom is -0.479 e. The number of Topliss-reactive ketones (excluding diaryl/α,β-unsaturated/α-hetero) is 1. The Morgan fingerprint density at radius 3 is 2.42 bits per heavy atom. The van der Waals surface area contributed by atoms with E-state index in [0.717, 1.165) is 17.5 Å². The molecule has 4 nitrogen and oxygen atoms in total. The number of carboxylic acids is 1. The number of carbonyl (C=O) groups excluding carboxylic acids is 1. The van der Waals surface area contributed by atoms with Crippen molar-refractivity contribution in [3.8, 4) is 5.75 Å². The summed E-state index contributed by atoms with van der Waals surface area (Å²) in [6.45, 7) is 7.14. The lowest BCUT2D eigenvalue weighted by atomic mass is 9.97. The molecule has 0 saturated heterocycles. The van der Waals surface area contributed by atoms with Gasteiger partial charge in [0.1, 0.15) is 5.75 Å². The highest BCUT2D eigenvalue weighted by atomic mass is 16.5. The molecule has 1 unspecified atom stereocenters. The Balaban J connectivity index is 3.04. The van der Waals surface area contributed by atoms with E-state index in [9.17, 15) is 9.59 Å². The summed E-state index contributed by atoms with van der Waals surface area (Å²) in [4.78, 5) is 22.7. The highest BCUT2D eigenvalue weighted by Crippen LogP contribution is 2.26. The van der Waals surface area contributed by atoms with Crippen LogP contribution in [0.1, 0.15) is 48.2 Å². The first-order valence-electron chi connectivity index (χ1n) is 6.41. The van der Waals surface area contributed by atoms with Crippen LogP contribution in [0.15, 0.2) is 12.1 Å². The predicted octanol–water partition coefficient (Wildman–Crippen LogP) is 3.14. The predicted molar refractivity (Wildman–Crippen MR) is 72.9 cm³/mol. The van der Waals surface area contributed by atoms with Gasteiger partial charge >= 0.3 is 5.97 Å². The molecule has 1 rings (SSSR count). The maximum Gasteiger partial charge on any atom is 0.344 e. The smallest absolute Gasteiger partial charge is 0.344 e. The van der Waals surface area contributed by atoms with Gasteiger partial charge in [-0.3, -0.25) is 4.79 Å². The van der Waals surface area contributed by atoms with Gasteiger partial charge in [0.05, 0.1) is 0 Å². The van der Waals surface area contributed by atoms with E-state index in [0.29, 0.717) is 17.7 Å². The Morgan fingerprint density at radius 1 is 1.26 bits per heavy atom. The Labute approximate surface area is 113 Å². The number of carboxylic acid groups (broad SMARTS) is 1. The van der Waals surface area contributed by atoms with Gasteiger partial charge in [0.25, 0.3) is 0 Å². The molecule has 0 aliphatic rings. The summed E-state index contributed by atoms with van der Waals surface area (Å²) in [6.07, 6.45) is 0.424. The Bertz CT molecular complexity index is 491. The molecule has 0 saturated carbocycles. The SMILES string of the molecule is CCCC(=O)c1ccc(OC(C)C(=O)O)c(C)c1C. The largest absolute Gasteiger partial charge is 0.479 e. The van der Waals surface area contributed by atoms with Crippen LogP contribution in [-0.4, -0.2) is 23.0 Å². The van der Waals surface area contributed by atoms with Crippen LogP contribution in [0.3, 0.4) is 0 Å². The maximum absolute atomic E-state index is 11.9. The molecule has 104 valence electrons. The van der Waals surface area contributed by atoms with E-state index in [2.05, 4.69) is 0 Å². The first kappa shape index (κ1) is 15.2. The molecule has 0 aliphatic heterocycles. The minimum absolute atomic E-state index is 0.112. The number of rotatable bonds is 6. The van der Waals surface area contributed by atoms with Gasteiger partial charge in [0, 0.05) is 12.0 Å². The molecule has 0 fully saturated rings. The summed E-state index contributed by atoms with van der Waals surface area (Å²) in [5, 5.41) is 8.84. The lowest BCUT2D eigenvalue weighted by molar-refractivity contribution is -0.144. The normalized spacial score (nSPS) is 12.0. The van der Waals surface area contributed by atoms with E-state index in [4.69, 9.17) is 9.84 Å². The van der Waals surface area contributed by atoms with Crippen molar-refractivity contribution in [2.75, 3.05) is 0 Å². The van der Waals surface area contributed by atoms with Crippen LogP contribution in [-0.2, 0) is 4.79 Å². The molecule has 0 heterocycles. The van der Waals surface area contributed by atoms with E-state index in [1.54, 1.807) is 12.1 Å². The average molecular weight is 264 g/mol. The standard InChI is InChI=1S/C15H20O4/c1-5-6-13(16)12-7-8-14(10(3)9(12)2)19-11(4)15(17)18/h7-8,11H,5-6H2,1-4H3,(H,17,18). The molecule has 19 heavy (non-hydrogen) atoms. The first-order valence-corrected chi connectivity index (χ1v) is 6.41. The molecule has 0 aliphatic carbocycles. The zero-order valence-corrected chi connectivity index (χ0v) is 11.8. The van der Waals surface area contributed by atoms with Crippen molar-refractivity contribution in [3.63, 3.8) is 0 Å². The number of hydrogen-bond donors (Lipinski definition) is 1. The Hall–Kier alpha value is -1.84. The zero-order chi connectivity index (χ0) is 14.6. The summed E-state index contributed by atoms with van der Waals surface area (Å²) in [6, 6.07) is 3.38. The summed E-state index contributed by atoms with van der Waals surface area (Å²) >= 11 is 0. The molecule has 1 aromatic carbocycles. The third-order valence-electron chi connectivity index (χ3n) is 3.17. The van der Waals surface area contributed by atoms with Crippen molar-refractivity contribution in [2.24, 2.45) is 0 Å². The Morgan fingerprint density at radius 2 is 1.89 bits per heavy atom. The van der Waals surface area contributed by atoms with Crippen LogP contribution in [0.25, 0.3) is 0 Å². The molecule has 0 amide bonds. The molecule has 1 aromatic rings. The lowest BCUT2D eigenvalue weighted by Crippen LogP contribution is -2.23. The summed E-state index contributed by atoms with van der Waals surface area (Å²) < 4.78 is 5.37. The maximum atomic E-state index is 11.9. The fourth-order valence-corrected chi connectivity index (χ4v) is 1.83. The fraction of sp³-hybridized carbons (Fsp3) is 0.467. The number of carbonyl (C=O) groups is 2. The van der Waals surface area contributed by atoms with E-state index >= 15 is 0 Å². The van der Waals surface area contributed by atoms with Gasteiger partial charge in [-0.05, 0) is 50.5 Å². The van der Waals surface area contributed by atoms with Crippen LogP contribution in [0.4, 0.5) is 0 Å². The molecule has 0 spiro atoms. The fourth-order valence-electron chi connectivity index (χ4n) is 1.83. The molecular formula is C15H20O4. The molecule has 1 N–H and O–H groups in total. The number of ketones is 1. The van der Waals surface area contributed by atoms with Crippen molar-refractivity contribution >= 4 is 11.8 Å². The lowest BCUT2D eigenvalue weighted by Gasteiger charge is -2.16. The summed E-state index contributed by atoms with van der Waals surface area (Å²) in [7, 11) is 0. The molecule has 0 aromatic heterocycles. The van der Waals surface area contributed by atoms with Crippen molar-refractivity contribution in [1.82, 2.24) is 0 Å². The number of benzene rings is 1. The van der Waals surface area contributed by atoms with Gasteiger partial charge in [-0.15, -0.1) is 0 Å². The summed E-state index contributed by atoms with van der Waals surface area (Å²) in [5.41, 5.74) is 2.36. The van der Waals surface area contributed by atoms with Crippen LogP contribution < -0.4 is 4.74 Å². The zero-order valence-electron chi connectivity index (χ0n) is 11.8. The quantitative estimate of drug-likeness (QED) is 0.802. The van der Waals surface area contributed by atoms with Gasteiger partial charge < -0.3 is 9.84 Å². The van der Waals surface area contributed by atoms with Crippen LogP contribution >= 0.6 is 0 Å². The van der Waals surface area contributed by atoms with Gasteiger partial charge in [-0.25, -0.2) is 4.79 Å². The molecule has 0 radical (unpaired) electrons. The van der Waals surface area contributed by atoms with Gasteiger partial charge in [-0.1, -0.05) is 6.92 Å². The third-order valence-corrected chi connectivity index (χ3v) is 3.17. The van der Waals surface area contributed by atoms with E-state index < -0.39 is 12.1 Å². The minimum atomic E-state index is -1.01.